The smallest absolute Gasteiger partial charge is 0.400 e. The number of hydrogen-bond donors (Lipinski definition) is 0. The molecule has 0 saturated carbocycles. The second-order valence-electron chi connectivity index (χ2n) is 3.71. The molecule has 0 atom stereocenters. The number of hydrogen-bond acceptors (Lipinski definition) is 5. The number of rotatable bonds is 5. The molecule has 6 nitrogen and oxygen atoms in total. The zero-order valence-corrected chi connectivity index (χ0v) is 10.8. The minimum atomic E-state index is -0.837. The van der Waals surface area contributed by atoms with Crippen LogP contribution in [0.5, 0.6) is 0 Å². The molecule has 0 aliphatic carbocycles. The summed E-state index contributed by atoms with van der Waals surface area (Å²) in [6, 6.07) is 8.87. The van der Waals surface area contributed by atoms with Crippen molar-refractivity contribution in [2.24, 2.45) is 0 Å². The van der Waals surface area contributed by atoms with Crippen LogP contribution in [-0.4, -0.2) is 36.6 Å². The lowest BCUT2D eigenvalue weighted by Crippen LogP contribution is -2.28. The van der Waals surface area contributed by atoms with E-state index in [1.165, 1.54) is 7.11 Å². The van der Waals surface area contributed by atoms with Gasteiger partial charge in [-0.15, -0.1) is 0 Å². The predicted molar refractivity (Wildman–Crippen MR) is 67.4 cm³/mol. The monoisotopic (exact) mass is 265 g/mol. The molecule has 0 radical (unpaired) electrons. The van der Waals surface area contributed by atoms with Crippen LogP contribution in [0.25, 0.3) is 0 Å². The van der Waals surface area contributed by atoms with Gasteiger partial charge in [-0.05, 0) is 0 Å². The lowest BCUT2D eigenvalue weighted by molar-refractivity contribution is -0.475. The highest BCUT2D eigenvalue weighted by molar-refractivity contribution is 6.37. The number of nitrogens with zero attached hydrogens (tertiary/aromatic N) is 1. The van der Waals surface area contributed by atoms with E-state index in [4.69, 9.17) is 0 Å². The molecule has 1 aromatic rings. The van der Waals surface area contributed by atoms with E-state index in [1.807, 2.05) is 6.07 Å². The lowest BCUT2D eigenvalue weighted by Gasteiger charge is -2.09. The molecular weight excluding hydrogens is 250 g/mol. The molecule has 0 N–H and O–H groups in total. The largest absolute Gasteiger partial charge is 0.623 e. The number of benzene rings is 1. The lowest BCUT2D eigenvalue weighted by atomic mass is 10.2. The Morgan fingerprint density at radius 2 is 1.79 bits per heavy atom. The summed E-state index contributed by atoms with van der Waals surface area (Å²) in [6.45, 7) is -0.0394. The maximum Gasteiger partial charge on any atom is 0.400 e. The summed E-state index contributed by atoms with van der Waals surface area (Å²) < 4.78 is 9.38. The van der Waals surface area contributed by atoms with Crippen LogP contribution in [-0.2, 0) is 25.6 Å². The van der Waals surface area contributed by atoms with Crippen LogP contribution in [0.1, 0.15) is 12.0 Å². The van der Waals surface area contributed by atoms with Gasteiger partial charge in [-0.1, -0.05) is 30.3 Å². The Bertz CT molecular complexity index is 481. The molecule has 0 fully saturated rings. The van der Waals surface area contributed by atoms with Crippen molar-refractivity contribution in [3.63, 3.8) is 0 Å². The highest BCUT2D eigenvalue weighted by Gasteiger charge is 2.25. The first-order chi connectivity index (χ1) is 9.08. The van der Waals surface area contributed by atoms with Gasteiger partial charge >= 0.3 is 11.9 Å². The summed E-state index contributed by atoms with van der Waals surface area (Å²) in [5.74, 6) is -1.51. The Kier molecular flexibility index (Phi) is 5.53. The third-order valence-electron chi connectivity index (χ3n) is 2.43. The Morgan fingerprint density at radius 3 is 2.32 bits per heavy atom. The van der Waals surface area contributed by atoms with E-state index < -0.39 is 18.4 Å². The normalized spacial score (nSPS) is 11.5. The van der Waals surface area contributed by atoms with E-state index in [0.29, 0.717) is 4.74 Å². The molecule has 102 valence electrons. The van der Waals surface area contributed by atoms with E-state index in [0.717, 1.165) is 12.7 Å². The third kappa shape index (κ3) is 4.42. The maximum absolute atomic E-state index is 11.9. The highest BCUT2D eigenvalue weighted by Crippen LogP contribution is 2.02. The van der Waals surface area contributed by atoms with Gasteiger partial charge in [0.15, 0.2) is 6.54 Å². The molecular formula is C13H15NO5. The van der Waals surface area contributed by atoms with Crippen molar-refractivity contribution in [2.45, 2.75) is 13.0 Å². The molecule has 0 saturated heterocycles. The summed E-state index contributed by atoms with van der Waals surface area (Å²) in [5.41, 5.74) is 0.446. The number of esters is 2. The second-order valence-corrected chi connectivity index (χ2v) is 3.71. The second kappa shape index (κ2) is 7.15. The molecule has 0 aliphatic rings. The molecule has 1 rings (SSSR count). The molecule has 0 bridgehead atoms. The quantitative estimate of drug-likeness (QED) is 0.259. The molecule has 0 spiro atoms. The highest BCUT2D eigenvalue weighted by atomic mass is 16.5. The first-order valence-corrected chi connectivity index (χ1v) is 5.58. The fourth-order valence-electron chi connectivity index (χ4n) is 1.43. The standard InChI is InChI=1S/C13H15NO5/c1-18-12(15)8-11(13(16)19-2)14(17)9-10-6-4-3-5-7-10/h3-7H,8-9H2,1-2H3/b14-11+. The molecule has 6 heteroatoms. The molecule has 0 amide bonds. The summed E-state index contributed by atoms with van der Waals surface area (Å²) in [6.07, 6.45) is -0.417. The van der Waals surface area contributed by atoms with Crippen molar-refractivity contribution < 1.29 is 23.8 Å². The SMILES string of the molecule is COC(=O)C/C(C(=O)OC)=[N+](\[O-])Cc1ccccc1. The first kappa shape index (κ1) is 14.7. The van der Waals surface area contributed by atoms with Crippen LogP contribution in [0.4, 0.5) is 0 Å². The maximum atomic E-state index is 11.9. The topological polar surface area (TPSA) is 78.7 Å². The van der Waals surface area contributed by atoms with Gasteiger partial charge in [0.2, 0.25) is 0 Å². The van der Waals surface area contributed by atoms with Gasteiger partial charge in [-0.3, -0.25) is 4.79 Å². The van der Waals surface area contributed by atoms with Gasteiger partial charge in [0, 0.05) is 5.56 Å². The Morgan fingerprint density at radius 1 is 1.16 bits per heavy atom. The van der Waals surface area contributed by atoms with E-state index in [9.17, 15) is 14.8 Å². The summed E-state index contributed by atoms with van der Waals surface area (Å²) >= 11 is 0. The Balaban J connectivity index is 2.95. The zero-order chi connectivity index (χ0) is 14.3. The van der Waals surface area contributed by atoms with E-state index in [2.05, 4.69) is 9.47 Å². The fraction of sp³-hybridized carbons (Fsp3) is 0.308. The van der Waals surface area contributed by atoms with Gasteiger partial charge in [-0.25, -0.2) is 4.79 Å². The minimum Gasteiger partial charge on any atom is -0.623 e. The van der Waals surface area contributed by atoms with Crippen molar-refractivity contribution >= 4 is 17.7 Å². The number of carbonyl (C=O) groups excluding carboxylic acids is 2. The van der Waals surface area contributed by atoms with E-state index in [-0.39, 0.29) is 12.3 Å². The summed E-state index contributed by atoms with van der Waals surface area (Å²) in [4.78, 5) is 22.7. The molecule has 0 aromatic heterocycles. The Hall–Kier alpha value is -2.37. The average Bonchev–Trinajstić information content (AvgIpc) is 2.44. The van der Waals surface area contributed by atoms with Crippen LogP contribution in [0.3, 0.4) is 0 Å². The first-order valence-electron chi connectivity index (χ1n) is 5.58. The number of ether oxygens (including phenoxy) is 2. The number of carbonyl (C=O) groups is 2. The van der Waals surface area contributed by atoms with E-state index in [1.54, 1.807) is 24.3 Å². The molecule has 1 aromatic carbocycles. The van der Waals surface area contributed by atoms with Crippen LogP contribution in [0.15, 0.2) is 30.3 Å². The van der Waals surface area contributed by atoms with Crippen LogP contribution in [0, 0.1) is 5.21 Å². The molecule has 0 heterocycles. The summed E-state index contributed by atoms with van der Waals surface area (Å²) in [5, 5.41) is 11.9. The third-order valence-corrected chi connectivity index (χ3v) is 2.43. The summed E-state index contributed by atoms with van der Waals surface area (Å²) in [7, 11) is 2.33. The van der Waals surface area contributed by atoms with Crippen molar-refractivity contribution in [2.75, 3.05) is 14.2 Å². The molecule has 0 aliphatic heterocycles. The zero-order valence-electron chi connectivity index (χ0n) is 10.8. The van der Waals surface area contributed by atoms with E-state index >= 15 is 0 Å². The average molecular weight is 265 g/mol. The van der Waals surface area contributed by atoms with Crippen LogP contribution >= 0.6 is 0 Å². The van der Waals surface area contributed by atoms with Gasteiger partial charge in [-0.2, -0.15) is 4.74 Å². The van der Waals surface area contributed by atoms with Gasteiger partial charge < -0.3 is 14.7 Å². The minimum absolute atomic E-state index is 0.0394. The van der Waals surface area contributed by atoms with Crippen molar-refractivity contribution in [3.8, 4) is 0 Å². The van der Waals surface area contributed by atoms with Gasteiger partial charge in [0.25, 0.3) is 5.71 Å². The van der Waals surface area contributed by atoms with Gasteiger partial charge in [0.05, 0.1) is 14.2 Å². The van der Waals surface area contributed by atoms with Crippen molar-refractivity contribution in [1.82, 2.24) is 0 Å². The molecule has 19 heavy (non-hydrogen) atoms. The van der Waals surface area contributed by atoms with Crippen molar-refractivity contribution in [3.05, 3.63) is 41.1 Å². The Labute approximate surface area is 110 Å². The van der Waals surface area contributed by atoms with Crippen LogP contribution in [0.2, 0.25) is 0 Å². The van der Waals surface area contributed by atoms with Crippen molar-refractivity contribution in [1.29, 1.82) is 0 Å². The molecule has 0 unspecified atom stereocenters. The number of methoxy groups -OCH3 is 2. The van der Waals surface area contributed by atoms with Gasteiger partial charge in [0.1, 0.15) is 6.42 Å². The number of hydroxylamine groups is 1. The van der Waals surface area contributed by atoms with Crippen LogP contribution < -0.4 is 0 Å². The predicted octanol–water partition coefficient (Wildman–Crippen LogP) is 0.874. The fourth-order valence-corrected chi connectivity index (χ4v) is 1.43.